The highest BCUT2D eigenvalue weighted by Gasteiger charge is 2.23. The lowest BCUT2D eigenvalue weighted by molar-refractivity contribution is -0.385. The van der Waals surface area contributed by atoms with Crippen molar-refractivity contribution in [3.05, 3.63) is 88.5 Å². The standard InChI is InChI=1S/C19H15N5O3/c25-18-11-10-14(24(26)27)12-15(18)19(20-13-6-2-1-3-7-13)23-17-9-5-4-8-16(17)21-22-23/h1-12,19-20,25H. The maximum atomic E-state index is 11.2. The number of fused-ring (bicyclic) bond motifs is 1. The molecule has 2 N–H and O–H groups in total. The lowest BCUT2D eigenvalue weighted by Crippen LogP contribution is -2.21. The van der Waals surface area contributed by atoms with E-state index in [-0.39, 0.29) is 11.4 Å². The predicted molar refractivity (Wildman–Crippen MR) is 100 cm³/mol. The van der Waals surface area contributed by atoms with Crippen molar-refractivity contribution in [3.63, 3.8) is 0 Å². The Labute approximate surface area is 153 Å². The van der Waals surface area contributed by atoms with E-state index in [0.29, 0.717) is 11.1 Å². The van der Waals surface area contributed by atoms with Crippen LogP contribution in [0.15, 0.2) is 72.8 Å². The van der Waals surface area contributed by atoms with Crippen LogP contribution in [-0.4, -0.2) is 25.0 Å². The summed E-state index contributed by atoms with van der Waals surface area (Å²) in [5.74, 6) is -0.0754. The monoisotopic (exact) mass is 361 g/mol. The first kappa shape index (κ1) is 16.5. The van der Waals surface area contributed by atoms with Crippen LogP contribution in [0, 0.1) is 10.1 Å². The molecule has 0 saturated carbocycles. The summed E-state index contributed by atoms with van der Waals surface area (Å²) in [6.45, 7) is 0. The van der Waals surface area contributed by atoms with Gasteiger partial charge in [0.2, 0.25) is 0 Å². The third kappa shape index (κ3) is 3.15. The first-order valence-electron chi connectivity index (χ1n) is 8.22. The molecule has 1 atom stereocenters. The molecular weight excluding hydrogens is 346 g/mol. The van der Waals surface area contributed by atoms with Crippen molar-refractivity contribution in [2.75, 3.05) is 5.32 Å². The van der Waals surface area contributed by atoms with Gasteiger partial charge in [0.15, 0.2) is 6.17 Å². The first-order valence-corrected chi connectivity index (χ1v) is 8.22. The number of phenols is 1. The van der Waals surface area contributed by atoms with E-state index < -0.39 is 11.1 Å². The number of aromatic hydroxyl groups is 1. The predicted octanol–water partition coefficient (Wildman–Crippen LogP) is 3.70. The Morgan fingerprint density at radius 3 is 2.56 bits per heavy atom. The fraction of sp³-hybridized carbons (Fsp3) is 0.0526. The summed E-state index contributed by atoms with van der Waals surface area (Å²) < 4.78 is 1.60. The Bertz CT molecular complexity index is 1110. The first-order chi connectivity index (χ1) is 13.1. The van der Waals surface area contributed by atoms with Gasteiger partial charge in [0.05, 0.1) is 10.4 Å². The van der Waals surface area contributed by atoms with Crippen LogP contribution < -0.4 is 5.32 Å². The number of nitro groups is 1. The van der Waals surface area contributed by atoms with Crippen molar-refractivity contribution in [3.8, 4) is 5.75 Å². The van der Waals surface area contributed by atoms with Crippen LogP contribution in [0.4, 0.5) is 11.4 Å². The van der Waals surface area contributed by atoms with Gasteiger partial charge >= 0.3 is 0 Å². The molecule has 1 heterocycles. The van der Waals surface area contributed by atoms with E-state index in [1.807, 2.05) is 54.6 Å². The van der Waals surface area contributed by atoms with Gasteiger partial charge in [-0.1, -0.05) is 35.5 Å². The molecule has 0 aliphatic heterocycles. The number of rotatable bonds is 5. The average molecular weight is 361 g/mol. The zero-order valence-corrected chi connectivity index (χ0v) is 14.1. The molecule has 0 saturated heterocycles. The summed E-state index contributed by atoms with van der Waals surface area (Å²) in [6, 6.07) is 20.6. The molecule has 3 aromatic carbocycles. The Kier molecular flexibility index (Phi) is 4.13. The zero-order chi connectivity index (χ0) is 18.8. The number of phenolic OH excluding ortho intramolecular Hbond substituents is 1. The molecule has 0 spiro atoms. The van der Waals surface area contributed by atoms with Crippen LogP contribution in [0.3, 0.4) is 0 Å². The number of aromatic nitrogens is 3. The number of non-ortho nitro benzene ring substituents is 1. The lowest BCUT2D eigenvalue weighted by Gasteiger charge is -2.22. The minimum Gasteiger partial charge on any atom is -0.508 e. The summed E-state index contributed by atoms with van der Waals surface area (Å²) in [6.07, 6.45) is -0.695. The minimum absolute atomic E-state index is 0.0754. The number of nitrogens with zero attached hydrogens (tertiary/aromatic N) is 4. The van der Waals surface area contributed by atoms with Crippen molar-refractivity contribution in [2.45, 2.75) is 6.17 Å². The van der Waals surface area contributed by atoms with E-state index in [1.54, 1.807) is 4.68 Å². The smallest absolute Gasteiger partial charge is 0.270 e. The summed E-state index contributed by atoms with van der Waals surface area (Å²) in [5.41, 5.74) is 2.39. The van der Waals surface area contributed by atoms with Gasteiger partial charge in [0, 0.05) is 23.4 Å². The summed E-state index contributed by atoms with van der Waals surface area (Å²) in [7, 11) is 0. The third-order valence-electron chi connectivity index (χ3n) is 4.22. The molecule has 27 heavy (non-hydrogen) atoms. The van der Waals surface area contributed by atoms with Gasteiger partial charge in [-0.25, -0.2) is 4.68 Å². The number of para-hydroxylation sites is 2. The maximum absolute atomic E-state index is 11.2. The quantitative estimate of drug-likeness (QED) is 0.415. The highest BCUT2D eigenvalue weighted by Crippen LogP contribution is 2.32. The minimum atomic E-state index is -0.695. The molecule has 4 rings (SSSR count). The van der Waals surface area contributed by atoms with Crippen molar-refractivity contribution >= 4 is 22.4 Å². The molecule has 134 valence electrons. The topological polar surface area (TPSA) is 106 Å². The van der Waals surface area contributed by atoms with Crippen LogP contribution >= 0.6 is 0 Å². The molecular formula is C19H15N5O3. The van der Waals surface area contributed by atoms with Gasteiger partial charge in [0.1, 0.15) is 11.3 Å². The number of benzene rings is 3. The summed E-state index contributed by atoms with van der Waals surface area (Å²) in [4.78, 5) is 10.7. The number of hydrogen-bond acceptors (Lipinski definition) is 6. The van der Waals surface area contributed by atoms with E-state index in [2.05, 4.69) is 15.6 Å². The molecule has 0 radical (unpaired) electrons. The Morgan fingerprint density at radius 1 is 1.04 bits per heavy atom. The normalized spacial score (nSPS) is 12.0. The third-order valence-corrected chi connectivity index (χ3v) is 4.22. The molecule has 1 aromatic heterocycles. The summed E-state index contributed by atoms with van der Waals surface area (Å²) in [5, 5.41) is 33.3. The van der Waals surface area contributed by atoms with Crippen LogP contribution in [0.1, 0.15) is 11.7 Å². The fourth-order valence-electron chi connectivity index (χ4n) is 2.92. The maximum Gasteiger partial charge on any atom is 0.270 e. The Hall–Kier alpha value is -3.94. The van der Waals surface area contributed by atoms with E-state index in [1.165, 1.54) is 18.2 Å². The van der Waals surface area contributed by atoms with Gasteiger partial charge < -0.3 is 10.4 Å². The van der Waals surface area contributed by atoms with Gasteiger partial charge in [-0.05, 0) is 30.3 Å². The highest BCUT2D eigenvalue weighted by molar-refractivity contribution is 5.74. The van der Waals surface area contributed by atoms with E-state index in [9.17, 15) is 15.2 Å². The van der Waals surface area contributed by atoms with Crippen LogP contribution in [0.2, 0.25) is 0 Å². The van der Waals surface area contributed by atoms with Gasteiger partial charge in [-0.2, -0.15) is 0 Å². The van der Waals surface area contributed by atoms with Crippen LogP contribution in [0.5, 0.6) is 5.75 Å². The number of hydrogen-bond donors (Lipinski definition) is 2. The Balaban J connectivity index is 1.89. The molecule has 0 fully saturated rings. The largest absolute Gasteiger partial charge is 0.508 e. The molecule has 0 aliphatic rings. The molecule has 0 aliphatic carbocycles. The molecule has 8 nitrogen and oxygen atoms in total. The zero-order valence-electron chi connectivity index (χ0n) is 14.1. The van der Waals surface area contributed by atoms with Gasteiger partial charge in [0.25, 0.3) is 5.69 Å². The van der Waals surface area contributed by atoms with E-state index in [4.69, 9.17) is 0 Å². The van der Waals surface area contributed by atoms with Crippen LogP contribution in [0.25, 0.3) is 11.0 Å². The van der Waals surface area contributed by atoms with Crippen molar-refractivity contribution in [1.29, 1.82) is 0 Å². The van der Waals surface area contributed by atoms with Crippen molar-refractivity contribution in [2.24, 2.45) is 0 Å². The molecule has 0 amide bonds. The van der Waals surface area contributed by atoms with Crippen molar-refractivity contribution in [1.82, 2.24) is 15.0 Å². The molecule has 1 unspecified atom stereocenters. The molecule has 4 aromatic rings. The molecule has 8 heteroatoms. The number of anilines is 1. The Morgan fingerprint density at radius 2 is 1.78 bits per heavy atom. The second-order valence-corrected chi connectivity index (χ2v) is 5.94. The average Bonchev–Trinajstić information content (AvgIpc) is 3.11. The highest BCUT2D eigenvalue weighted by atomic mass is 16.6. The number of nitro benzene ring substituents is 1. The lowest BCUT2D eigenvalue weighted by atomic mass is 10.1. The second kappa shape index (κ2) is 6.75. The van der Waals surface area contributed by atoms with E-state index in [0.717, 1.165) is 11.2 Å². The number of nitrogens with one attached hydrogen (secondary N) is 1. The van der Waals surface area contributed by atoms with Gasteiger partial charge in [-0.3, -0.25) is 10.1 Å². The fourth-order valence-corrected chi connectivity index (χ4v) is 2.92. The summed E-state index contributed by atoms with van der Waals surface area (Å²) >= 11 is 0. The van der Waals surface area contributed by atoms with Crippen LogP contribution in [-0.2, 0) is 0 Å². The molecule has 0 bridgehead atoms. The van der Waals surface area contributed by atoms with Crippen molar-refractivity contribution < 1.29 is 10.0 Å². The van der Waals surface area contributed by atoms with Gasteiger partial charge in [-0.15, -0.1) is 5.10 Å². The van der Waals surface area contributed by atoms with E-state index >= 15 is 0 Å². The SMILES string of the molecule is O=[N+]([O-])c1ccc(O)c(C(Nc2ccccc2)n2nnc3ccccc32)c1. The second-order valence-electron chi connectivity index (χ2n) is 5.94.